The highest BCUT2D eigenvalue weighted by molar-refractivity contribution is 5.96. The van der Waals surface area contributed by atoms with Gasteiger partial charge in [0.1, 0.15) is 5.69 Å². The van der Waals surface area contributed by atoms with Crippen LogP contribution in [-0.4, -0.2) is 41.1 Å². The normalized spacial score (nSPS) is 22.5. The van der Waals surface area contributed by atoms with Crippen molar-refractivity contribution in [1.82, 2.24) is 9.88 Å². The first-order valence-corrected chi connectivity index (χ1v) is 7.11. The van der Waals surface area contributed by atoms with Gasteiger partial charge in [0.25, 0.3) is 11.5 Å². The summed E-state index contributed by atoms with van der Waals surface area (Å²) in [6.07, 6.45) is 0.00903. The molecule has 5 nitrogen and oxygen atoms in total. The second-order valence-corrected chi connectivity index (χ2v) is 5.57. The molecule has 0 aliphatic carbocycles. The molecule has 0 unspecified atom stereocenters. The minimum absolute atomic E-state index is 0.00452. The quantitative estimate of drug-likeness (QED) is 0.869. The minimum atomic E-state index is -0.231. The number of aromatic nitrogens is 1. The van der Waals surface area contributed by atoms with Crippen LogP contribution in [0.4, 0.5) is 0 Å². The highest BCUT2D eigenvalue weighted by atomic mass is 16.5. The maximum Gasteiger partial charge on any atom is 0.270 e. The van der Waals surface area contributed by atoms with Crippen molar-refractivity contribution in [2.75, 3.05) is 13.1 Å². The second-order valence-electron chi connectivity index (χ2n) is 5.57. The predicted molar refractivity (Wildman–Crippen MR) is 80.5 cm³/mol. The summed E-state index contributed by atoms with van der Waals surface area (Å²) in [6.45, 7) is 4.97. The van der Waals surface area contributed by atoms with E-state index in [9.17, 15) is 9.59 Å². The molecule has 3 rings (SSSR count). The summed E-state index contributed by atoms with van der Waals surface area (Å²) < 4.78 is 5.63. The molecule has 0 bridgehead atoms. The zero-order valence-electron chi connectivity index (χ0n) is 12.1. The third-order valence-electron chi connectivity index (χ3n) is 3.69. The lowest BCUT2D eigenvalue weighted by molar-refractivity contribution is -0.0587. The summed E-state index contributed by atoms with van der Waals surface area (Å²) in [4.78, 5) is 29.1. The number of aromatic amines is 1. The number of hydrogen-bond acceptors (Lipinski definition) is 3. The molecular formula is C16H18N2O3. The number of nitrogens with zero attached hydrogens (tertiary/aromatic N) is 1. The van der Waals surface area contributed by atoms with Gasteiger partial charge in [-0.1, -0.05) is 18.2 Å². The summed E-state index contributed by atoms with van der Waals surface area (Å²) in [5, 5.41) is 1.37. The number of carbonyl (C=O) groups is 1. The molecular weight excluding hydrogens is 268 g/mol. The molecule has 1 fully saturated rings. The number of pyridine rings is 1. The number of hydrogen-bond donors (Lipinski definition) is 1. The number of amides is 1. The Morgan fingerprint density at radius 3 is 2.62 bits per heavy atom. The molecule has 0 spiro atoms. The van der Waals surface area contributed by atoms with Crippen LogP contribution in [0.2, 0.25) is 0 Å². The average Bonchev–Trinajstić information content (AvgIpc) is 2.45. The van der Waals surface area contributed by atoms with Gasteiger partial charge >= 0.3 is 0 Å². The molecule has 1 aliphatic heterocycles. The van der Waals surface area contributed by atoms with E-state index in [-0.39, 0.29) is 23.7 Å². The van der Waals surface area contributed by atoms with Gasteiger partial charge in [0.05, 0.1) is 12.2 Å². The minimum Gasteiger partial charge on any atom is -0.372 e. The number of fused-ring (bicyclic) bond motifs is 1. The maximum absolute atomic E-state index is 12.6. The fourth-order valence-electron chi connectivity index (χ4n) is 2.84. The van der Waals surface area contributed by atoms with E-state index in [1.165, 1.54) is 0 Å². The van der Waals surface area contributed by atoms with Crippen molar-refractivity contribution in [1.29, 1.82) is 0 Å². The van der Waals surface area contributed by atoms with Gasteiger partial charge in [0.15, 0.2) is 0 Å². The van der Waals surface area contributed by atoms with E-state index in [1.807, 2.05) is 32.0 Å². The van der Waals surface area contributed by atoms with E-state index < -0.39 is 0 Å². The number of H-pyrrole nitrogens is 1. The van der Waals surface area contributed by atoms with Crippen molar-refractivity contribution in [3.8, 4) is 0 Å². The van der Waals surface area contributed by atoms with Crippen LogP contribution in [0.1, 0.15) is 24.3 Å². The lowest BCUT2D eigenvalue weighted by atomic mass is 10.1. The first-order chi connectivity index (χ1) is 10.0. The summed E-state index contributed by atoms with van der Waals surface area (Å²) in [6, 6.07) is 9.00. The summed E-state index contributed by atoms with van der Waals surface area (Å²) in [5.74, 6) is -0.153. The third-order valence-corrected chi connectivity index (χ3v) is 3.69. The van der Waals surface area contributed by atoms with Gasteiger partial charge in [0.2, 0.25) is 0 Å². The van der Waals surface area contributed by atoms with Gasteiger partial charge in [-0.25, -0.2) is 0 Å². The Labute approximate surface area is 122 Å². The Bertz CT molecular complexity index is 728. The predicted octanol–water partition coefficient (Wildman–Crippen LogP) is 1.78. The summed E-state index contributed by atoms with van der Waals surface area (Å²) in [5.41, 5.74) is 0.103. The lowest BCUT2D eigenvalue weighted by Crippen LogP contribution is -2.48. The smallest absolute Gasteiger partial charge is 0.270 e. The van der Waals surface area contributed by atoms with E-state index in [0.29, 0.717) is 24.2 Å². The molecule has 1 N–H and O–H groups in total. The molecule has 0 radical (unpaired) electrons. The Hall–Kier alpha value is -2.14. The van der Waals surface area contributed by atoms with Gasteiger partial charge in [-0.05, 0) is 31.4 Å². The van der Waals surface area contributed by atoms with Gasteiger partial charge in [-0.2, -0.15) is 0 Å². The first kappa shape index (κ1) is 13.8. The van der Waals surface area contributed by atoms with Gasteiger partial charge < -0.3 is 14.6 Å². The fraction of sp³-hybridized carbons (Fsp3) is 0.375. The van der Waals surface area contributed by atoms with Crippen molar-refractivity contribution in [2.24, 2.45) is 0 Å². The zero-order chi connectivity index (χ0) is 15.0. The number of rotatable bonds is 1. The number of carbonyl (C=O) groups excluding carboxylic acids is 1. The molecule has 1 amide bonds. The zero-order valence-corrected chi connectivity index (χ0v) is 12.1. The first-order valence-electron chi connectivity index (χ1n) is 7.11. The number of ether oxygens (including phenoxy) is 1. The van der Waals surface area contributed by atoms with E-state index in [1.54, 1.807) is 17.0 Å². The molecule has 1 saturated heterocycles. The van der Waals surface area contributed by atoms with Crippen molar-refractivity contribution in [3.63, 3.8) is 0 Å². The Morgan fingerprint density at radius 2 is 1.90 bits per heavy atom. The fourth-order valence-corrected chi connectivity index (χ4v) is 2.84. The molecule has 5 heteroatoms. The Kier molecular flexibility index (Phi) is 3.51. The topological polar surface area (TPSA) is 62.4 Å². The van der Waals surface area contributed by atoms with Gasteiger partial charge in [0, 0.05) is 18.5 Å². The van der Waals surface area contributed by atoms with Crippen molar-refractivity contribution in [3.05, 3.63) is 46.4 Å². The molecule has 0 saturated carbocycles. The third kappa shape index (κ3) is 2.69. The molecule has 1 aliphatic rings. The van der Waals surface area contributed by atoms with Crippen LogP contribution in [-0.2, 0) is 4.74 Å². The molecule has 21 heavy (non-hydrogen) atoms. The molecule has 2 atom stereocenters. The van der Waals surface area contributed by atoms with Gasteiger partial charge in [-0.15, -0.1) is 0 Å². The van der Waals surface area contributed by atoms with E-state index in [0.717, 1.165) is 5.39 Å². The molecule has 2 heterocycles. The van der Waals surface area contributed by atoms with Crippen LogP contribution >= 0.6 is 0 Å². The summed E-state index contributed by atoms with van der Waals surface area (Å²) >= 11 is 0. The maximum atomic E-state index is 12.6. The second kappa shape index (κ2) is 5.33. The van der Waals surface area contributed by atoms with Crippen molar-refractivity contribution >= 4 is 16.7 Å². The highest BCUT2D eigenvalue weighted by Crippen LogP contribution is 2.15. The molecule has 2 aromatic rings. The van der Waals surface area contributed by atoms with E-state index >= 15 is 0 Å². The average molecular weight is 286 g/mol. The van der Waals surface area contributed by atoms with Gasteiger partial charge in [-0.3, -0.25) is 9.59 Å². The van der Waals surface area contributed by atoms with Crippen LogP contribution in [0.5, 0.6) is 0 Å². The van der Waals surface area contributed by atoms with Crippen LogP contribution in [0.25, 0.3) is 10.8 Å². The largest absolute Gasteiger partial charge is 0.372 e. The van der Waals surface area contributed by atoms with Crippen LogP contribution in [0, 0.1) is 0 Å². The van der Waals surface area contributed by atoms with Crippen LogP contribution in [0.3, 0.4) is 0 Å². The molecule has 1 aromatic heterocycles. The summed E-state index contributed by atoms with van der Waals surface area (Å²) in [7, 11) is 0. The Morgan fingerprint density at radius 1 is 1.24 bits per heavy atom. The van der Waals surface area contributed by atoms with Crippen molar-refractivity contribution in [2.45, 2.75) is 26.1 Å². The van der Waals surface area contributed by atoms with Crippen LogP contribution < -0.4 is 5.56 Å². The standard InChI is InChI=1S/C16H18N2O3/c1-10-8-18(9-11(2)21-10)16(20)14-7-12-5-3-4-6-13(12)15(19)17-14/h3-7,10-11H,8-9H2,1-2H3,(H,17,19)/t10-,11-/m1/s1. The van der Waals surface area contributed by atoms with Crippen LogP contribution in [0.15, 0.2) is 35.1 Å². The SMILES string of the molecule is C[C@@H]1CN(C(=O)c2cc3ccccc3c(=O)[nH]2)C[C@@H](C)O1. The Balaban J connectivity index is 1.96. The van der Waals surface area contributed by atoms with Crippen molar-refractivity contribution < 1.29 is 9.53 Å². The van der Waals surface area contributed by atoms with E-state index in [4.69, 9.17) is 4.74 Å². The number of nitrogens with one attached hydrogen (secondary N) is 1. The van der Waals surface area contributed by atoms with E-state index in [2.05, 4.69) is 4.98 Å². The molecule has 110 valence electrons. The number of benzene rings is 1. The monoisotopic (exact) mass is 286 g/mol. The highest BCUT2D eigenvalue weighted by Gasteiger charge is 2.27. The number of morpholine rings is 1. The lowest BCUT2D eigenvalue weighted by Gasteiger charge is -2.35. The molecule has 1 aromatic carbocycles.